The van der Waals surface area contributed by atoms with Crippen LogP contribution in [0.2, 0.25) is 0 Å². The molecular weight excluding hydrogens is 275 g/mol. The molecule has 0 fully saturated rings. The van der Waals surface area contributed by atoms with E-state index < -0.39 is 0 Å². The fourth-order valence-electron chi connectivity index (χ4n) is 1.10. The smallest absolute Gasteiger partial charge is 0.132 e. The fourth-order valence-corrected chi connectivity index (χ4v) is 1.64. The lowest BCUT2D eigenvalue weighted by atomic mass is 10.3. The summed E-state index contributed by atoms with van der Waals surface area (Å²) in [7, 11) is 0. The van der Waals surface area contributed by atoms with Crippen LogP contribution in [0, 0.1) is 3.57 Å². The molecule has 0 N–H and O–H groups in total. The van der Waals surface area contributed by atoms with Gasteiger partial charge in [0.25, 0.3) is 0 Å². The molecule has 0 spiro atoms. The first kappa shape index (κ1) is 10.8. The van der Waals surface area contributed by atoms with Gasteiger partial charge in [0.15, 0.2) is 0 Å². The van der Waals surface area contributed by atoms with Gasteiger partial charge in [0.2, 0.25) is 0 Å². The van der Waals surface area contributed by atoms with E-state index in [2.05, 4.69) is 35.6 Å². The molecule has 13 heavy (non-hydrogen) atoms. The number of rotatable bonds is 5. The molecule has 0 aliphatic heterocycles. The highest BCUT2D eigenvalue weighted by atomic mass is 127. The van der Waals surface area contributed by atoms with Crippen molar-refractivity contribution in [2.75, 3.05) is 6.61 Å². The predicted octanol–water partition coefficient (Wildman–Crippen LogP) is 3.86. The van der Waals surface area contributed by atoms with Crippen LogP contribution < -0.4 is 4.74 Å². The molecule has 1 aromatic carbocycles. The second kappa shape index (κ2) is 6.24. The Morgan fingerprint density at radius 3 is 2.69 bits per heavy atom. The third-order valence-corrected chi connectivity index (χ3v) is 2.73. The Hall–Kier alpha value is -0.250. The molecule has 72 valence electrons. The topological polar surface area (TPSA) is 9.23 Å². The van der Waals surface area contributed by atoms with Crippen molar-refractivity contribution in [3.8, 4) is 5.75 Å². The molecule has 0 aromatic heterocycles. The van der Waals surface area contributed by atoms with Crippen molar-refractivity contribution in [3.05, 3.63) is 27.8 Å². The van der Waals surface area contributed by atoms with Gasteiger partial charge in [-0.2, -0.15) is 0 Å². The first-order chi connectivity index (χ1) is 6.34. The third kappa shape index (κ3) is 3.98. The maximum absolute atomic E-state index is 5.63. The minimum absolute atomic E-state index is 0.841. The van der Waals surface area contributed by atoms with Crippen LogP contribution >= 0.6 is 22.6 Å². The molecule has 1 aromatic rings. The summed E-state index contributed by atoms with van der Waals surface area (Å²) in [5.41, 5.74) is 0. The minimum Gasteiger partial charge on any atom is -0.492 e. The van der Waals surface area contributed by atoms with Crippen molar-refractivity contribution in [2.45, 2.75) is 26.2 Å². The van der Waals surface area contributed by atoms with Crippen LogP contribution in [0.3, 0.4) is 0 Å². The SMILES string of the molecule is CCCCCOc1ccccc1I. The van der Waals surface area contributed by atoms with Gasteiger partial charge in [-0.25, -0.2) is 0 Å². The van der Waals surface area contributed by atoms with E-state index in [-0.39, 0.29) is 0 Å². The minimum atomic E-state index is 0.841. The van der Waals surface area contributed by atoms with Crippen LogP contribution in [0.4, 0.5) is 0 Å². The van der Waals surface area contributed by atoms with E-state index in [0.717, 1.165) is 18.8 Å². The van der Waals surface area contributed by atoms with Gasteiger partial charge in [-0.1, -0.05) is 31.9 Å². The van der Waals surface area contributed by atoms with Crippen molar-refractivity contribution in [1.82, 2.24) is 0 Å². The summed E-state index contributed by atoms with van der Waals surface area (Å²) in [5, 5.41) is 0. The maximum atomic E-state index is 5.63. The number of benzene rings is 1. The molecule has 0 amide bonds. The molecule has 0 atom stereocenters. The summed E-state index contributed by atoms with van der Waals surface area (Å²) in [6.07, 6.45) is 3.65. The second-order valence-corrected chi connectivity index (χ2v) is 4.15. The van der Waals surface area contributed by atoms with Crippen LogP contribution in [-0.4, -0.2) is 6.61 Å². The summed E-state index contributed by atoms with van der Waals surface area (Å²) in [5.74, 6) is 1.01. The van der Waals surface area contributed by atoms with E-state index in [9.17, 15) is 0 Å². The number of para-hydroxylation sites is 1. The van der Waals surface area contributed by atoms with E-state index in [1.54, 1.807) is 0 Å². The van der Waals surface area contributed by atoms with Gasteiger partial charge in [-0.15, -0.1) is 0 Å². The number of hydrogen-bond donors (Lipinski definition) is 0. The van der Waals surface area contributed by atoms with Crippen LogP contribution in [-0.2, 0) is 0 Å². The number of hydrogen-bond acceptors (Lipinski definition) is 1. The molecule has 1 rings (SSSR count). The zero-order valence-corrected chi connectivity index (χ0v) is 10.1. The average molecular weight is 290 g/mol. The molecule has 0 bridgehead atoms. The highest BCUT2D eigenvalue weighted by molar-refractivity contribution is 14.1. The Morgan fingerprint density at radius 1 is 1.23 bits per heavy atom. The Balaban J connectivity index is 2.32. The second-order valence-electron chi connectivity index (χ2n) is 2.99. The van der Waals surface area contributed by atoms with Crippen LogP contribution in [0.25, 0.3) is 0 Å². The van der Waals surface area contributed by atoms with E-state index >= 15 is 0 Å². The van der Waals surface area contributed by atoms with Gasteiger partial charge < -0.3 is 4.74 Å². The van der Waals surface area contributed by atoms with Gasteiger partial charge >= 0.3 is 0 Å². The van der Waals surface area contributed by atoms with Gasteiger partial charge in [-0.3, -0.25) is 0 Å². The summed E-state index contributed by atoms with van der Waals surface area (Å²) in [4.78, 5) is 0. The fraction of sp³-hybridized carbons (Fsp3) is 0.455. The van der Waals surface area contributed by atoms with Crippen molar-refractivity contribution < 1.29 is 4.74 Å². The molecule has 0 aliphatic rings. The van der Waals surface area contributed by atoms with E-state index in [1.165, 1.54) is 16.4 Å². The molecule has 0 saturated carbocycles. The monoisotopic (exact) mass is 290 g/mol. The Morgan fingerprint density at radius 2 is 2.00 bits per heavy atom. The highest BCUT2D eigenvalue weighted by Gasteiger charge is 1.97. The van der Waals surface area contributed by atoms with Gasteiger partial charge in [-0.05, 0) is 41.1 Å². The van der Waals surface area contributed by atoms with Crippen molar-refractivity contribution in [2.24, 2.45) is 0 Å². The van der Waals surface area contributed by atoms with Crippen LogP contribution in [0.1, 0.15) is 26.2 Å². The first-order valence-electron chi connectivity index (χ1n) is 4.72. The molecule has 2 heteroatoms. The summed E-state index contributed by atoms with van der Waals surface area (Å²) in [6, 6.07) is 8.13. The lowest BCUT2D eigenvalue weighted by Crippen LogP contribution is -1.98. The largest absolute Gasteiger partial charge is 0.492 e. The molecule has 0 aliphatic carbocycles. The first-order valence-corrected chi connectivity index (χ1v) is 5.79. The zero-order chi connectivity index (χ0) is 9.52. The van der Waals surface area contributed by atoms with Crippen molar-refractivity contribution in [3.63, 3.8) is 0 Å². The van der Waals surface area contributed by atoms with Gasteiger partial charge in [0.1, 0.15) is 5.75 Å². The highest BCUT2D eigenvalue weighted by Crippen LogP contribution is 2.19. The molecule has 0 saturated heterocycles. The molecular formula is C11H15IO. The molecule has 1 nitrogen and oxygen atoms in total. The van der Waals surface area contributed by atoms with E-state index in [4.69, 9.17) is 4.74 Å². The maximum Gasteiger partial charge on any atom is 0.132 e. The van der Waals surface area contributed by atoms with Crippen LogP contribution in [0.5, 0.6) is 5.75 Å². The average Bonchev–Trinajstić information content (AvgIpc) is 2.15. The van der Waals surface area contributed by atoms with Gasteiger partial charge in [0.05, 0.1) is 10.2 Å². The summed E-state index contributed by atoms with van der Waals surface area (Å²) in [6.45, 7) is 3.04. The lowest BCUT2D eigenvalue weighted by Gasteiger charge is -2.06. The van der Waals surface area contributed by atoms with Crippen molar-refractivity contribution >= 4 is 22.6 Å². The van der Waals surface area contributed by atoms with Crippen molar-refractivity contribution in [1.29, 1.82) is 0 Å². The molecule has 0 heterocycles. The zero-order valence-electron chi connectivity index (χ0n) is 7.92. The third-order valence-electron chi connectivity index (χ3n) is 1.84. The molecule has 0 unspecified atom stereocenters. The lowest BCUT2D eigenvalue weighted by molar-refractivity contribution is 0.304. The number of unbranched alkanes of at least 4 members (excludes halogenated alkanes) is 2. The predicted molar refractivity (Wildman–Crippen MR) is 64.2 cm³/mol. The Labute approximate surface area is 93.6 Å². The van der Waals surface area contributed by atoms with Crippen LogP contribution in [0.15, 0.2) is 24.3 Å². The molecule has 0 radical (unpaired) electrons. The normalized spacial score (nSPS) is 10.0. The Kier molecular flexibility index (Phi) is 5.20. The van der Waals surface area contributed by atoms with E-state index in [0.29, 0.717) is 0 Å². The standard InChI is InChI=1S/C11H15IO/c1-2-3-6-9-13-11-8-5-4-7-10(11)12/h4-5,7-8H,2-3,6,9H2,1H3. The quantitative estimate of drug-likeness (QED) is 0.591. The summed E-state index contributed by atoms with van der Waals surface area (Å²) >= 11 is 2.30. The van der Waals surface area contributed by atoms with Gasteiger partial charge in [0, 0.05) is 0 Å². The van der Waals surface area contributed by atoms with E-state index in [1.807, 2.05) is 18.2 Å². The number of halogens is 1. The number of ether oxygens (including phenoxy) is 1. The Bertz CT molecular complexity index is 248. The summed E-state index contributed by atoms with van der Waals surface area (Å²) < 4.78 is 6.82.